The molecule has 2 aromatic heterocycles. The molecule has 0 saturated heterocycles. The van der Waals surface area contributed by atoms with E-state index in [2.05, 4.69) is 163 Å². The molecule has 3 heteroatoms. The Bertz CT molecular complexity index is 2610. The molecule has 2 atom stereocenters. The number of aromatic nitrogens is 2. The SMILES string of the molecule is CCC(C)(C)c1cc2c3c(c1)-n1c4ccccc4c4cccc(c41)B3C1c3c(c(-c4ccccc4)c(-c4ccccc4)n3-2)C=C2CCC=CC21. The highest BCUT2D eigenvalue weighted by Crippen LogP contribution is 2.55. The van der Waals surface area contributed by atoms with Crippen molar-refractivity contribution in [2.75, 3.05) is 0 Å². The van der Waals surface area contributed by atoms with Crippen LogP contribution in [-0.2, 0) is 5.41 Å². The van der Waals surface area contributed by atoms with Crippen molar-refractivity contribution in [1.82, 2.24) is 9.13 Å². The molecule has 240 valence electrons. The normalized spacial score (nSPS) is 18.2. The molecule has 11 rings (SSSR count). The first-order valence-electron chi connectivity index (χ1n) is 18.5. The fraction of sp³-hybridized carbons (Fsp3) is 0.191. The van der Waals surface area contributed by atoms with E-state index < -0.39 is 0 Å². The highest BCUT2D eigenvalue weighted by Gasteiger charge is 2.51. The van der Waals surface area contributed by atoms with Gasteiger partial charge in [0.2, 0.25) is 6.71 Å². The van der Waals surface area contributed by atoms with E-state index in [9.17, 15) is 0 Å². The first-order chi connectivity index (χ1) is 24.5. The molecular formula is C47H39BN2. The van der Waals surface area contributed by atoms with Crippen LogP contribution in [0, 0.1) is 5.92 Å². The second-order valence-electron chi connectivity index (χ2n) is 15.6. The van der Waals surface area contributed by atoms with Crippen molar-refractivity contribution in [3.8, 4) is 33.8 Å². The Kier molecular flexibility index (Phi) is 5.79. The van der Waals surface area contributed by atoms with Gasteiger partial charge in [-0.25, -0.2) is 0 Å². The first kappa shape index (κ1) is 28.6. The lowest BCUT2D eigenvalue weighted by molar-refractivity contribution is 0.505. The van der Waals surface area contributed by atoms with Gasteiger partial charge in [-0.2, -0.15) is 0 Å². The van der Waals surface area contributed by atoms with Gasteiger partial charge in [-0.15, -0.1) is 0 Å². The van der Waals surface area contributed by atoms with Crippen molar-refractivity contribution in [3.05, 3.63) is 150 Å². The van der Waals surface area contributed by atoms with Crippen LogP contribution < -0.4 is 10.9 Å². The zero-order valence-electron chi connectivity index (χ0n) is 28.9. The molecular weight excluding hydrogens is 603 g/mol. The third-order valence-electron chi connectivity index (χ3n) is 12.8. The standard InChI is InChI=1S/C47H39BN2/c1-4-47(2,3)32-27-39-43-40(28-32)50-44(30-18-9-6-10-19-30)41(29-16-7-5-8-17-29)36-26-31-20-11-12-21-33(31)42(46(36)50)48(43)37-24-15-23-35-34-22-13-14-25-38(34)49(39)45(35)37/h5-10,12-19,21-28,33,42H,4,11,20H2,1-3H3. The lowest BCUT2D eigenvalue weighted by atomic mass is 9.28. The van der Waals surface area contributed by atoms with Crippen LogP contribution in [0.2, 0.25) is 0 Å². The largest absolute Gasteiger partial charge is 0.313 e. The van der Waals surface area contributed by atoms with E-state index in [4.69, 9.17) is 0 Å². The molecule has 0 radical (unpaired) electrons. The Hall–Kier alpha value is -5.28. The van der Waals surface area contributed by atoms with Crippen LogP contribution in [-0.4, -0.2) is 15.8 Å². The van der Waals surface area contributed by atoms with Crippen molar-refractivity contribution in [2.45, 2.75) is 51.3 Å². The van der Waals surface area contributed by atoms with Crippen LogP contribution in [0.1, 0.15) is 62.7 Å². The first-order valence-corrected chi connectivity index (χ1v) is 18.5. The molecule has 2 aliphatic heterocycles. The van der Waals surface area contributed by atoms with Gasteiger partial charge in [-0.1, -0.05) is 142 Å². The number of benzene rings is 5. The molecule has 0 amide bonds. The Morgan fingerprint density at radius 1 is 0.760 bits per heavy atom. The smallest absolute Gasteiger partial charge is 0.227 e. The van der Waals surface area contributed by atoms with E-state index in [1.54, 1.807) is 5.57 Å². The summed E-state index contributed by atoms with van der Waals surface area (Å²) in [5.41, 5.74) is 19.5. The highest BCUT2D eigenvalue weighted by atomic mass is 15.1. The van der Waals surface area contributed by atoms with E-state index in [0.717, 1.165) is 19.3 Å². The van der Waals surface area contributed by atoms with Crippen LogP contribution in [0.5, 0.6) is 0 Å². The van der Waals surface area contributed by atoms with Crippen molar-refractivity contribution in [1.29, 1.82) is 0 Å². The molecule has 7 aromatic rings. The van der Waals surface area contributed by atoms with Crippen LogP contribution >= 0.6 is 0 Å². The van der Waals surface area contributed by atoms with Gasteiger partial charge in [0.05, 0.1) is 11.2 Å². The fourth-order valence-electron chi connectivity index (χ4n) is 10.1. The number of fused-ring (bicyclic) bond motifs is 9. The molecule has 0 bridgehead atoms. The average molecular weight is 643 g/mol. The summed E-state index contributed by atoms with van der Waals surface area (Å²) in [6.45, 7) is 7.42. The summed E-state index contributed by atoms with van der Waals surface area (Å²) in [6.07, 6.45) is 10.9. The average Bonchev–Trinajstić information content (AvgIpc) is 3.69. The molecule has 0 fully saturated rings. The summed E-state index contributed by atoms with van der Waals surface area (Å²) in [4.78, 5) is 0. The van der Waals surface area contributed by atoms with Gasteiger partial charge in [0.25, 0.3) is 0 Å². The summed E-state index contributed by atoms with van der Waals surface area (Å²) >= 11 is 0. The molecule has 0 spiro atoms. The molecule has 50 heavy (non-hydrogen) atoms. The van der Waals surface area contributed by atoms with Crippen LogP contribution in [0.15, 0.2) is 133 Å². The lowest BCUT2D eigenvalue weighted by Crippen LogP contribution is -2.58. The van der Waals surface area contributed by atoms with E-state index in [0.29, 0.717) is 5.92 Å². The summed E-state index contributed by atoms with van der Waals surface area (Å²) in [5, 5.41) is 2.71. The monoisotopic (exact) mass is 642 g/mol. The van der Waals surface area contributed by atoms with E-state index in [1.165, 1.54) is 83.3 Å². The maximum atomic E-state index is 2.74. The van der Waals surface area contributed by atoms with Gasteiger partial charge in [0.1, 0.15) is 0 Å². The Morgan fingerprint density at radius 3 is 2.24 bits per heavy atom. The van der Waals surface area contributed by atoms with Crippen molar-refractivity contribution in [2.24, 2.45) is 5.92 Å². The van der Waals surface area contributed by atoms with Gasteiger partial charge in [0, 0.05) is 50.4 Å². The zero-order chi connectivity index (χ0) is 33.3. The molecule has 2 aliphatic carbocycles. The maximum Gasteiger partial charge on any atom is 0.227 e. The molecule has 4 heterocycles. The van der Waals surface area contributed by atoms with Crippen LogP contribution in [0.25, 0.3) is 61.6 Å². The number of hydrogen-bond donors (Lipinski definition) is 0. The Balaban J connectivity index is 1.38. The quantitative estimate of drug-likeness (QED) is 0.134. The minimum atomic E-state index is 0.0124. The predicted molar refractivity (Wildman–Crippen MR) is 212 cm³/mol. The summed E-state index contributed by atoms with van der Waals surface area (Å²) in [5.74, 6) is 0.649. The number of rotatable bonds is 4. The van der Waals surface area contributed by atoms with Gasteiger partial charge in [-0.05, 0) is 76.3 Å². The number of allylic oxidation sites excluding steroid dienone is 3. The second kappa shape index (κ2) is 10.1. The van der Waals surface area contributed by atoms with Gasteiger partial charge in [0.15, 0.2) is 0 Å². The van der Waals surface area contributed by atoms with Gasteiger partial charge < -0.3 is 9.13 Å². The minimum absolute atomic E-state index is 0.0124. The molecule has 5 aromatic carbocycles. The second-order valence-corrected chi connectivity index (χ2v) is 15.6. The van der Waals surface area contributed by atoms with Crippen LogP contribution in [0.3, 0.4) is 0 Å². The fourth-order valence-corrected chi connectivity index (χ4v) is 10.1. The summed E-state index contributed by atoms with van der Waals surface area (Å²) in [6, 6.07) is 43.8. The summed E-state index contributed by atoms with van der Waals surface area (Å²) < 4.78 is 5.38. The highest BCUT2D eigenvalue weighted by molar-refractivity contribution is 6.90. The predicted octanol–water partition coefficient (Wildman–Crippen LogP) is 10.5. The Morgan fingerprint density at radius 2 is 1.46 bits per heavy atom. The van der Waals surface area contributed by atoms with E-state index in [-0.39, 0.29) is 17.9 Å². The van der Waals surface area contributed by atoms with Gasteiger partial charge >= 0.3 is 0 Å². The van der Waals surface area contributed by atoms with E-state index in [1.807, 2.05) is 0 Å². The molecule has 4 aliphatic rings. The maximum absolute atomic E-state index is 2.74. The number of hydrogen-bond acceptors (Lipinski definition) is 0. The third-order valence-corrected chi connectivity index (χ3v) is 12.8. The van der Waals surface area contributed by atoms with Crippen molar-refractivity contribution < 1.29 is 0 Å². The molecule has 2 nitrogen and oxygen atoms in total. The van der Waals surface area contributed by atoms with Crippen molar-refractivity contribution >= 4 is 45.5 Å². The third kappa shape index (κ3) is 3.60. The Labute approximate surface area is 294 Å². The zero-order valence-corrected chi connectivity index (χ0v) is 28.9. The van der Waals surface area contributed by atoms with Gasteiger partial charge in [-0.3, -0.25) is 0 Å². The molecule has 0 saturated carbocycles. The lowest BCUT2D eigenvalue weighted by Gasteiger charge is -2.45. The number of para-hydroxylation sites is 2. The van der Waals surface area contributed by atoms with E-state index >= 15 is 0 Å². The molecule has 2 unspecified atom stereocenters. The van der Waals surface area contributed by atoms with Crippen molar-refractivity contribution in [3.63, 3.8) is 0 Å². The molecule has 0 N–H and O–H groups in total. The summed E-state index contributed by atoms with van der Waals surface area (Å²) in [7, 11) is 0. The topological polar surface area (TPSA) is 9.86 Å². The van der Waals surface area contributed by atoms with Crippen LogP contribution in [0.4, 0.5) is 0 Å². The number of nitrogens with zero attached hydrogens (tertiary/aromatic N) is 2. The minimum Gasteiger partial charge on any atom is -0.313 e.